The average Bonchev–Trinajstić information content (AvgIpc) is 3.45. The van der Waals surface area contributed by atoms with Gasteiger partial charge < -0.3 is 9.88 Å². The third-order valence-corrected chi connectivity index (χ3v) is 6.97. The fourth-order valence-electron chi connectivity index (χ4n) is 3.32. The Hall–Kier alpha value is -3.76. The van der Waals surface area contributed by atoms with E-state index >= 15 is 0 Å². The number of aromatic nitrogens is 3. The van der Waals surface area contributed by atoms with Crippen molar-refractivity contribution in [3.63, 3.8) is 0 Å². The third kappa shape index (κ3) is 4.18. The number of nitrogens with zero attached hydrogens (tertiary/aromatic N) is 4. The van der Waals surface area contributed by atoms with Gasteiger partial charge >= 0.3 is 0 Å². The van der Waals surface area contributed by atoms with Crippen molar-refractivity contribution < 1.29 is 17.6 Å². The molecule has 0 fully saturated rings. The van der Waals surface area contributed by atoms with Crippen molar-refractivity contribution in [3.8, 4) is 11.5 Å². The number of aryl methyl sites for hydroxylation is 1. The highest BCUT2D eigenvalue weighted by Crippen LogP contribution is 2.25. The highest BCUT2D eigenvalue weighted by atomic mass is 32.2. The van der Waals surface area contributed by atoms with Gasteiger partial charge in [-0.3, -0.25) is 4.79 Å². The van der Waals surface area contributed by atoms with E-state index in [1.807, 2.05) is 0 Å². The van der Waals surface area contributed by atoms with Crippen molar-refractivity contribution in [2.75, 3.05) is 19.4 Å². The van der Waals surface area contributed by atoms with Crippen LogP contribution in [-0.4, -0.2) is 47.1 Å². The smallest absolute Gasteiger partial charge is 0.261 e. The molecule has 0 aliphatic heterocycles. The number of carbonyl (C=O) groups is 1. The van der Waals surface area contributed by atoms with E-state index < -0.39 is 21.7 Å². The molecule has 2 aromatic heterocycles. The maximum atomic E-state index is 14.5. The van der Waals surface area contributed by atoms with Crippen LogP contribution in [0.1, 0.15) is 15.9 Å². The Labute approximate surface area is 190 Å². The van der Waals surface area contributed by atoms with E-state index in [1.54, 1.807) is 60.3 Å². The van der Waals surface area contributed by atoms with Crippen LogP contribution in [-0.2, 0) is 10.0 Å². The Kier molecular flexibility index (Phi) is 5.88. The van der Waals surface area contributed by atoms with E-state index in [1.165, 1.54) is 43.2 Å². The lowest BCUT2D eigenvalue weighted by Crippen LogP contribution is -2.22. The van der Waals surface area contributed by atoms with E-state index in [4.69, 9.17) is 0 Å². The topological polar surface area (TPSA) is 89.2 Å². The molecule has 0 unspecified atom stereocenters. The summed E-state index contributed by atoms with van der Waals surface area (Å²) in [6.07, 6.45) is 4.80. The fraction of sp³-hybridized carbons (Fsp3) is 0.130. The first kappa shape index (κ1) is 22.4. The maximum Gasteiger partial charge on any atom is 0.261 e. The van der Waals surface area contributed by atoms with Crippen LogP contribution in [0.15, 0.2) is 78.1 Å². The predicted molar refractivity (Wildman–Crippen MR) is 123 cm³/mol. The second-order valence-electron chi connectivity index (χ2n) is 7.55. The number of hydrogen-bond acceptors (Lipinski definition) is 4. The maximum absolute atomic E-state index is 14.5. The summed E-state index contributed by atoms with van der Waals surface area (Å²) in [6.45, 7) is 1.76. The number of benzene rings is 2. The summed E-state index contributed by atoms with van der Waals surface area (Å²) in [5, 5.41) is 7.04. The predicted octanol–water partition coefficient (Wildman–Crippen LogP) is 3.61. The molecule has 1 amide bonds. The summed E-state index contributed by atoms with van der Waals surface area (Å²) in [5.41, 5.74) is 1.41. The molecule has 2 aromatic carbocycles. The van der Waals surface area contributed by atoms with Crippen LogP contribution in [0, 0.1) is 12.7 Å². The molecule has 0 saturated carbocycles. The molecular formula is C23H22FN5O3S. The van der Waals surface area contributed by atoms with Crippen LogP contribution in [0.2, 0.25) is 0 Å². The van der Waals surface area contributed by atoms with Gasteiger partial charge in [0.15, 0.2) is 5.82 Å². The van der Waals surface area contributed by atoms with Crippen LogP contribution in [0.5, 0.6) is 0 Å². The summed E-state index contributed by atoms with van der Waals surface area (Å²) in [7, 11) is -0.800. The van der Waals surface area contributed by atoms with Crippen molar-refractivity contribution in [2.45, 2.75) is 11.8 Å². The number of nitrogens with one attached hydrogen (secondary N) is 1. The zero-order valence-corrected chi connectivity index (χ0v) is 19.0. The summed E-state index contributed by atoms with van der Waals surface area (Å²) < 4.78 is 43.6. The first-order chi connectivity index (χ1) is 15.7. The minimum atomic E-state index is -3.68. The van der Waals surface area contributed by atoms with Gasteiger partial charge in [-0.05, 0) is 48.9 Å². The van der Waals surface area contributed by atoms with E-state index in [0.29, 0.717) is 17.1 Å². The largest absolute Gasteiger partial charge is 0.322 e. The molecule has 8 nitrogen and oxygen atoms in total. The van der Waals surface area contributed by atoms with Crippen molar-refractivity contribution in [1.29, 1.82) is 0 Å². The number of anilines is 1. The van der Waals surface area contributed by atoms with Gasteiger partial charge in [-0.25, -0.2) is 21.8 Å². The summed E-state index contributed by atoms with van der Waals surface area (Å²) in [4.78, 5) is 13.3. The highest BCUT2D eigenvalue weighted by Gasteiger charge is 2.23. The zero-order valence-electron chi connectivity index (χ0n) is 18.2. The third-order valence-electron chi connectivity index (χ3n) is 5.15. The molecule has 0 radical (unpaired) electrons. The zero-order chi connectivity index (χ0) is 23.8. The van der Waals surface area contributed by atoms with E-state index in [2.05, 4.69) is 10.4 Å². The van der Waals surface area contributed by atoms with Crippen LogP contribution in [0.4, 0.5) is 10.1 Å². The van der Waals surface area contributed by atoms with Crippen molar-refractivity contribution in [2.24, 2.45) is 0 Å². The molecule has 4 aromatic rings. The Balaban J connectivity index is 1.77. The normalized spacial score (nSPS) is 11.7. The SMILES string of the molecule is Cc1ccc(S(=O)(=O)N(C)C)cc1NC(=O)c1cnn(-c2ccccc2F)c1-n1cccc1. The van der Waals surface area contributed by atoms with Gasteiger partial charge in [0, 0.05) is 32.2 Å². The number of para-hydroxylation sites is 1. The minimum absolute atomic E-state index is 0.0566. The number of halogens is 1. The molecule has 0 atom stereocenters. The molecule has 0 spiro atoms. The Morgan fingerprint density at radius 2 is 1.76 bits per heavy atom. The lowest BCUT2D eigenvalue weighted by atomic mass is 10.2. The first-order valence-electron chi connectivity index (χ1n) is 10.0. The molecule has 1 N–H and O–H groups in total. The van der Waals surface area contributed by atoms with Gasteiger partial charge in [0.1, 0.15) is 17.1 Å². The molecule has 0 aliphatic carbocycles. The second kappa shape index (κ2) is 8.64. The van der Waals surface area contributed by atoms with Crippen molar-refractivity contribution >= 4 is 21.6 Å². The van der Waals surface area contributed by atoms with Gasteiger partial charge in [0.05, 0.1) is 11.1 Å². The fourth-order valence-corrected chi connectivity index (χ4v) is 4.25. The van der Waals surface area contributed by atoms with Gasteiger partial charge in [-0.15, -0.1) is 0 Å². The molecule has 10 heteroatoms. The van der Waals surface area contributed by atoms with Gasteiger partial charge in [-0.2, -0.15) is 5.10 Å². The molecule has 0 bridgehead atoms. The lowest BCUT2D eigenvalue weighted by Gasteiger charge is -2.15. The summed E-state index contributed by atoms with van der Waals surface area (Å²) >= 11 is 0. The molecular weight excluding hydrogens is 445 g/mol. The van der Waals surface area contributed by atoms with Crippen LogP contribution in [0.25, 0.3) is 11.5 Å². The first-order valence-corrected chi connectivity index (χ1v) is 11.4. The molecule has 2 heterocycles. The number of carbonyl (C=O) groups excluding carboxylic acids is 1. The van der Waals surface area contributed by atoms with Crippen LogP contribution >= 0.6 is 0 Å². The number of rotatable bonds is 6. The highest BCUT2D eigenvalue weighted by molar-refractivity contribution is 7.89. The Morgan fingerprint density at radius 3 is 2.42 bits per heavy atom. The van der Waals surface area contributed by atoms with Crippen molar-refractivity contribution in [3.05, 3.63) is 90.1 Å². The molecule has 0 saturated heterocycles. The summed E-state index contributed by atoms with van der Waals surface area (Å²) in [6, 6.07) is 14.2. The quantitative estimate of drug-likeness (QED) is 0.469. The molecule has 0 aliphatic rings. The van der Waals surface area contributed by atoms with Crippen LogP contribution < -0.4 is 5.32 Å². The molecule has 4 rings (SSSR count). The summed E-state index contributed by atoms with van der Waals surface area (Å²) in [5.74, 6) is -0.653. The monoisotopic (exact) mass is 467 g/mol. The Bertz CT molecular complexity index is 1430. The average molecular weight is 468 g/mol. The Morgan fingerprint density at radius 1 is 1.06 bits per heavy atom. The van der Waals surface area contributed by atoms with Gasteiger partial charge in [-0.1, -0.05) is 18.2 Å². The lowest BCUT2D eigenvalue weighted by molar-refractivity contribution is 0.102. The van der Waals surface area contributed by atoms with Gasteiger partial charge in [0.2, 0.25) is 10.0 Å². The van der Waals surface area contributed by atoms with Crippen molar-refractivity contribution in [1.82, 2.24) is 18.7 Å². The number of sulfonamides is 1. The van der Waals surface area contributed by atoms with E-state index in [0.717, 1.165) is 4.31 Å². The number of hydrogen-bond donors (Lipinski definition) is 1. The van der Waals surface area contributed by atoms with Gasteiger partial charge in [0.25, 0.3) is 5.91 Å². The number of amides is 1. The second-order valence-corrected chi connectivity index (χ2v) is 9.71. The molecule has 170 valence electrons. The van der Waals surface area contributed by atoms with E-state index in [-0.39, 0.29) is 16.1 Å². The minimum Gasteiger partial charge on any atom is -0.322 e. The molecule has 33 heavy (non-hydrogen) atoms. The standard InChI is InChI=1S/C23H22FN5O3S/c1-16-10-11-17(33(31,32)27(2)3)14-20(16)26-22(30)18-15-25-29(21-9-5-4-8-19(21)24)23(18)28-12-6-7-13-28/h4-15H,1-3H3,(H,26,30). The van der Waals surface area contributed by atoms with Crippen LogP contribution in [0.3, 0.4) is 0 Å². The van der Waals surface area contributed by atoms with E-state index in [9.17, 15) is 17.6 Å².